The summed E-state index contributed by atoms with van der Waals surface area (Å²) in [5.74, 6) is -1.01. The van der Waals surface area contributed by atoms with Crippen molar-refractivity contribution in [3.05, 3.63) is 11.2 Å². The third-order valence-electron chi connectivity index (χ3n) is 1.97. The lowest BCUT2D eigenvalue weighted by atomic mass is 10.2. The van der Waals surface area contributed by atoms with Crippen LogP contribution in [-0.2, 0) is 4.74 Å². The maximum atomic E-state index is 10.8. The molecule has 0 aliphatic heterocycles. The molecule has 0 amide bonds. The zero-order chi connectivity index (χ0) is 11.3. The van der Waals surface area contributed by atoms with Gasteiger partial charge < -0.3 is 15.2 Å². The van der Waals surface area contributed by atoms with Gasteiger partial charge in [0.15, 0.2) is 5.69 Å². The fraction of sp³-hybridized carbons (Fsp3) is 0.556. The Morgan fingerprint density at radius 3 is 3.07 bits per heavy atom. The van der Waals surface area contributed by atoms with E-state index in [9.17, 15) is 4.79 Å². The van der Waals surface area contributed by atoms with Crippen LogP contribution in [-0.4, -0.2) is 35.8 Å². The number of ether oxygens (including phenoxy) is 1. The monoisotopic (exact) mass is 230 g/mol. The maximum absolute atomic E-state index is 10.8. The van der Waals surface area contributed by atoms with Crippen molar-refractivity contribution in [2.45, 2.75) is 19.4 Å². The van der Waals surface area contributed by atoms with Crippen molar-refractivity contribution in [2.24, 2.45) is 0 Å². The Kier molecular flexibility index (Phi) is 4.51. The molecule has 2 N–H and O–H groups in total. The van der Waals surface area contributed by atoms with E-state index < -0.39 is 5.97 Å². The number of methoxy groups -OCH3 is 1. The molecular weight excluding hydrogens is 216 g/mol. The van der Waals surface area contributed by atoms with Gasteiger partial charge in [-0.3, -0.25) is 0 Å². The predicted octanol–water partition coefficient (Wildman–Crippen LogP) is 1.68. The Labute approximate surface area is 92.1 Å². The number of nitrogens with one attached hydrogen (secondary N) is 1. The van der Waals surface area contributed by atoms with Crippen molar-refractivity contribution >= 4 is 22.3 Å². The van der Waals surface area contributed by atoms with E-state index in [0.29, 0.717) is 11.6 Å². The van der Waals surface area contributed by atoms with Gasteiger partial charge >= 0.3 is 5.97 Å². The molecule has 1 rings (SSSR count). The average Bonchev–Trinajstić information content (AvgIpc) is 2.65. The standard InChI is InChI=1S/C9H14N2O3S/c1-3-6(4-14-2)11-8-7(9(12)13)10-5-15-8/h5-6,11H,3-4H2,1-2H3,(H,12,13). The molecule has 1 aromatic rings. The van der Waals surface area contributed by atoms with Crippen molar-refractivity contribution in [1.82, 2.24) is 4.98 Å². The van der Waals surface area contributed by atoms with Crippen LogP contribution in [0.2, 0.25) is 0 Å². The number of carbonyl (C=O) groups is 1. The summed E-state index contributed by atoms with van der Waals surface area (Å²) in [5.41, 5.74) is 1.60. The highest BCUT2D eigenvalue weighted by Crippen LogP contribution is 2.21. The summed E-state index contributed by atoms with van der Waals surface area (Å²) < 4.78 is 5.02. The summed E-state index contributed by atoms with van der Waals surface area (Å²) in [4.78, 5) is 14.6. The van der Waals surface area contributed by atoms with Gasteiger partial charge in [0.25, 0.3) is 0 Å². The van der Waals surface area contributed by atoms with Gasteiger partial charge in [-0.25, -0.2) is 9.78 Å². The Morgan fingerprint density at radius 1 is 1.80 bits per heavy atom. The lowest BCUT2D eigenvalue weighted by Crippen LogP contribution is -2.24. The average molecular weight is 230 g/mol. The van der Waals surface area contributed by atoms with Crippen LogP contribution in [0.4, 0.5) is 5.00 Å². The maximum Gasteiger partial charge on any atom is 0.357 e. The zero-order valence-corrected chi connectivity index (χ0v) is 9.50. The van der Waals surface area contributed by atoms with E-state index in [2.05, 4.69) is 10.3 Å². The first-order valence-corrected chi connectivity index (χ1v) is 5.49. The molecule has 1 unspecified atom stereocenters. The summed E-state index contributed by atoms with van der Waals surface area (Å²) in [7, 11) is 1.62. The van der Waals surface area contributed by atoms with Crippen molar-refractivity contribution in [3.63, 3.8) is 0 Å². The molecule has 0 saturated carbocycles. The summed E-state index contributed by atoms with van der Waals surface area (Å²) in [6.07, 6.45) is 0.866. The van der Waals surface area contributed by atoms with Crippen molar-refractivity contribution < 1.29 is 14.6 Å². The summed E-state index contributed by atoms with van der Waals surface area (Å²) in [6.45, 7) is 2.56. The first-order valence-electron chi connectivity index (χ1n) is 4.61. The van der Waals surface area contributed by atoms with Gasteiger partial charge in [-0.2, -0.15) is 0 Å². The molecule has 1 aromatic heterocycles. The third-order valence-corrected chi connectivity index (χ3v) is 2.72. The van der Waals surface area contributed by atoms with Crippen LogP contribution in [0.25, 0.3) is 0 Å². The number of carboxylic acids is 1. The van der Waals surface area contributed by atoms with Crippen molar-refractivity contribution in [1.29, 1.82) is 0 Å². The lowest BCUT2D eigenvalue weighted by molar-refractivity contribution is 0.0692. The summed E-state index contributed by atoms with van der Waals surface area (Å²) in [5, 5.41) is 12.5. The summed E-state index contributed by atoms with van der Waals surface area (Å²) >= 11 is 1.29. The van der Waals surface area contributed by atoms with Crippen LogP contribution in [0, 0.1) is 0 Å². The van der Waals surface area contributed by atoms with Gasteiger partial charge in [0.1, 0.15) is 5.00 Å². The van der Waals surface area contributed by atoms with Gasteiger partial charge in [-0.05, 0) is 6.42 Å². The first kappa shape index (κ1) is 11.9. The van der Waals surface area contributed by atoms with Gasteiger partial charge in [0, 0.05) is 7.11 Å². The molecule has 15 heavy (non-hydrogen) atoms. The summed E-state index contributed by atoms with van der Waals surface area (Å²) in [6, 6.07) is 0.119. The van der Waals surface area contributed by atoms with E-state index in [1.807, 2.05) is 6.92 Å². The molecule has 0 fully saturated rings. The number of rotatable bonds is 6. The van der Waals surface area contributed by atoms with E-state index in [-0.39, 0.29) is 11.7 Å². The van der Waals surface area contributed by atoms with Crippen LogP contribution in [0.5, 0.6) is 0 Å². The second-order valence-electron chi connectivity index (χ2n) is 3.04. The van der Waals surface area contributed by atoms with E-state index in [1.165, 1.54) is 16.8 Å². The Hall–Kier alpha value is -1.14. The fourth-order valence-corrected chi connectivity index (χ4v) is 1.90. The first-order chi connectivity index (χ1) is 7.19. The van der Waals surface area contributed by atoms with Gasteiger partial charge in [0.2, 0.25) is 0 Å². The minimum absolute atomic E-state index is 0.0783. The highest BCUT2D eigenvalue weighted by Gasteiger charge is 2.16. The second-order valence-corrected chi connectivity index (χ2v) is 3.89. The fourth-order valence-electron chi connectivity index (χ4n) is 1.15. The number of hydrogen-bond donors (Lipinski definition) is 2. The van der Waals surface area contributed by atoms with Gasteiger partial charge in [-0.15, -0.1) is 11.3 Å². The second kappa shape index (κ2) is 5.67. The SMILES string of the molecule is CCC(COC)Nc1scnc1C(=O)O. The topological polar surface area (TPSA) is 71.5 Å². The number of thiazole rings is 1. The largest absolute Gasteiger partial charge is 0.476 e. The quantitative estimate of drug-likeness (QED) is 0.778. The molecule has 0 bridgehead atoms. The molecule has 0 aliphatic carbocycles. The Morgan fingerprint density at radius 2 is 2.53 bits per heavy atom. The molecule has 1 atom stereocenters. The molecule has 0 aromatic carbocycles. The Balaban J connectivity index is 2.70. The molecule has 5 nitrogen and oxygen atoms in total. The molecule has 84 valence electrons. The number of hydrogen-bond acceptors (Lipinski definition) is 5. The van der Waals surface area contributed by atoms with E-state index in [1.54, 1.807) is 7.11 Å². The van der Waals surface area contributed by atoms with E-state index in [0.717, 1.165) is 6.42 Å². The molecule has 6 heteroatoms. The molecule has 1 heterocycles. The van der Waals surface area contributed by atoms with E-state index >= 15 is 0 Å². The van der Waals surface area contributed by atoms with Crippen LogP contribution < -0.4 is 5.32 Å². The molecular formula is C9H14N2O3S. The molecule has 0 aliphatic rings. The minimum Gasteiger partial charge on any atom is -0.476 e. The number of aromatic nitrogens is 1. The normalized spacial score (nSPS) is 12.4. The molecule has 0 spiro atoms. The highest BCUT2D eigenvalue weighted by atomic mass is 32.1. The molecule has 0 radical (unpaired) electrons. The van der Waals surface area contributed by atoms with Crippen LogP contribution >= 0.6 is 11.3 Å². The zero-order valence-electron chi connectivity index (χ0n) is 8.69. The van der Waals surface area contributed by atoms with Gasteiger partial charge in [-0.1, -0.05) is 6.92 Å². The minimum atomic E-state index is -1.01. The third kappa shape index (κ3) is 3.17. The number of aromatic carboxylic acids is 1. The van der Waals surface area contributed by atoms with Crippen LogP contribution in [0.1, 0.15) is 23.8 Å². The molecule has 0 saturated heterocycles. The van der Waals surface area contributed by atoms with E-state index in [4.69, 9.17) is 9.84 Å². The van der Waals surface area contributed by atoms with Crippen LogP contribution in [0.3, 0.4) is 0 Å². The smallest absolute Gasteiger partial charge is 0.357 e. The van der Waals surface area contributed by atoms with Gasteiger partial charge in [0.05, 0.1) is 18.2 Å². The number of carboxylic acid groups (broad SMARTS) is 1. The number of nitrogens with zero attached hydrogens (tertiary/aromatic N) is 1. The van der Waals surface area contributed by atoms with Crippen LogP contribution in [0.15, 0.2) is 5.51 Å². The number of anilines is 1. The van der Waals surface area contributed by atoms with Crippen molar-refractivity contribution in [3.8, 4) is 0 Å². The van der Waals surface area contributed by atoms with Crippen molar-refractivity contribution in [2.75, 3.05) is 19.0 Å². The lowest BCUT2D eigenvalue weighted by Gasteiger charge is -2.15. The highest BCUT2D eigenvalue weighted by molar-refractivity contribution is 7.14. The Bertz CT molecular complexity index is 327. The predicted molar refractivity (Wildman–Crippen MR) is 58.7 cm³/mol.